The first-order valence-electron chi connectivity index (χ1n) is 9.82. The molecule has 2 amide bonds. The van der Waals surface area contributed by atoms with E-state index in [9.17, 15) is 9.59 Å². The lowest BCUT2D eigenvalue weighted by Crippen LogP contribution is -2.50. The Hall–Kier alpha value is -2.28. The monoisotopic (exact) mass is 449 g/mol. The summed E-state index contributed by atoms with van der Waals surface area (Å²) in [6.07, 6.45) is 1.17. The molecule has 3 rings (SSSR count). The molecule has 1 fully saturated rings. The van der Waals surface area contributed by atoms with Crippen molar-refractivity contribution >= 4 is 40.7 Å². The Labute approximate surface area is 186 Å². The highest BCUT2D eigenvalue weighted by atomic mass is 35.5. The van der Waals surface area contributed by atoms with Crippen molar-refractivity contribution in [2.45, 2.75) is 12.8 Å². The van der Waals surface area contributed by atoms with Crippen molar-refractivity contribution in [1.29, 1.82) is 0 Å². The van der Waals surface area contributed by atoms with Crippen LogP contribution in [0.5, 0.6) is 5.75 Å². The number of halogens is 2. The van der Waals surface area contributed by atoms with Gasteiger partial charge in [0.2, 0.25) is 11.8 Å². The molecule has 0 aliphatic carbocycles. The van der Waals surface area contributed by atoms with Gasteiger partial charge in [0.25, 0.3) is 0 Å². The van der Waals surface area contributed by atoms with Crippen molar-refractivity contribution in [3.05, 3.63) is 58.1 Å². The zero-order chi connectivity index (χ0) is 21.5. The molecule has 6 nitrogen and oxygen atoms in total. The predicted molar refractivity (Wildman–Crippen MR) is 119 cm³/mol. The number of carbonyl (C=O) groups excluding carboxylic acids is 2. The Bertz CT molecular complexity index is 882. The van der Waals surface area contributed by atoms with E-state index in [0.29, 0.717) is 54.8 Å². The first-order valence-corrected chi connectivity index (χ1v) is 10.6. The molecule has 0 atom stereocenters. The highest BCUT2D eigenvalue weighted by molar-refractivity contribution is 6.35. The van der Waals surface area contributed by atoms with Crippen molar-refractivity contribution in [2.24, 2.45) is 0 Å². The minimum absolute atomic E-state index is 0.139. The van der Waals surface area contributed by atoms with E-state index in [1.54, 1.807) is 25.3 Å². The van der Waals surface area contributed by atoms with Crippen LogP contribution in [0.4, 0.5) is 5.69 Å². The van der Waals surface area contributed by atoms with Crippen LogP contribution in [0.2, 0.25) is 10.0 Å². The number of nitrogens with one attached hydrogen (secondary N) is 1. The summed E-state index contributed by atoms with van der Waals surface area (Å²) in [7, 11) is 1.63. The van der Waals surface area contributed by atoms with Crippen LogP contribution in [0.25, 0.3) is 0 Å². The minimum atomic E-state index is -0.154. The number of anilines is 1. The zero-order valence-electron chi connectivity index (χ0n) is 16.9. The van der Waals surface area contributed by atoms with E-state index in [1.165, 1.54) is 0 Å². The van der Waals surface area contributed by atoms with Crippen LogP contribution < -0.4 is 10.1 Å². The molecule has 0 saturated carbocycles. The van der Waals surface area contributed by atoms with Gasteiger partial charge in [-0.2, -0.15) is 0 Å². The van der Waals surface area contributed by atoms with Gasteiger partial charge in [-0.25, -0.2) is 0 Å². The number of hydrogen-bond donors (Lipinski definition) is 1. The highest BCUT2D eigenvalue weighted by Gasteiger charge is 2.22. The predicted octanol–water partition coefficient (Wildman–Crippen LogP) is 3.72. The number of hydrogen-bond acceptors (Lipinski definition) is 4. The minimum Gasteiger partial charge on any atom is -0.497 e. The standard InChI is InChI=1S/C22H25Cl2N3O3/c1-30-18-6-2-16(3-7-18)4-9-22(29)27-12-10-26(11-13-27)15-21(28)25-20-14-17(23)5-8-19(20)24/h2-3,5-8,14H,4,9-13,15H2,1H3,(H,25,28). The van der Waals surface area contributed by atoms with Crippen molar-refractivity contribution in [1.82, 2.24) is 9.80 Å². The highest BCUT2D eigenvalue weighted by Crippen LogP contribution is 2.25. The van der Waals surface area contributed by atoms with E-state index in [1.807, 2.05) is 34.1 Å². The second-order valence-electron chi connectivity index (χ2n) is 7.18. The number of benzene rings is 2. The molecule has 1 heterocycles. The number of amides is 2. The maximum atomic E-state index is 12.5. The number of piperazine rings is 1. The van der Waals surface area contributed by atoms with Gasteiger partial charge in [-0.3, -0.25) is 14.5 Å². The molecule has 0 bridgehead atoms. The van der Waals surface area contributed by atoms with Gasteiger partial charge in [-0.05, 0) is 42.3 Å². The third-order valence-electron chi connectivity index (χ3n) is 5.08. The molecular formula is C22H25Cl2N3O3. The van der Waals surface area contributed by atoms with Crippen LogP contribution in [-0.4, -0.2) is 61.4 Å². The van der Waals surface area contributed by atoms with E-state index in [0.717, 1.165) is 11.3 Å². The van der Waals surface area contributed by atoms with Crippen molar-refractivity contribution in [3.8, 4) is 5.75 Å². The molecule has 160 valence electrons. The molecular weight excluding hydrogens is 425 g/mol. The van der Waals surface area contributed by atoms with Gasteiger partial charge in [0.05, 0.1) is 24.4 Å². The smallest absolute Gasteiger partial charge is 0.238 e. The van der Waals surface area contributed by atoms with E-state index < -0.39 is 0 Å². The molecule has 0 unspecified atom stereocenters. The van der Waals surface area contributed by atoms with Crippen LogP contribution in [0.3, 0.4) is 0 Å². The summed E-state index contributed by atoms with van der Waals surface area (Å²) >= 11 is 12.0. The zero-order valence-corrected chi connectivity index (χ0v) is 18.4. The molecule has 1 saturated heterocycles. The summed E-state index contributed by atoms with van der Waals surface area (Å²) < 4.78 is 5.15. The van der Waals surface area contributed by atoms with Crippen LogP contribution in [-0.2, 0) is 16.0 Å². The van der Waals surface area contributed by atoms with Gasteiger partial charge >= 0.3 is 0 Å². The number of ether oxygens (including phenoxy) is 1. The molecule has 0 radical (unpaired) electrons. The fourth-order valence-corrected chi connectivity index (χ4v) is 3.68. The number of carbonyl (C=O) groups is 2. The maximum Gasteiger partial charge on any atom is 0.238 e. The molecule has 2 aromatic carbocycles. The van der Waals surface area contributed by atoms with Gasteiger partial charge in [0.1, 0.15) is 5.75 Å². The molecule has 0 spiro atoms. The molecule has 1 aliphatic heterocycles. The Morgan fingerprint density at radius 3 is 2.40 bits per heavy atom. The average Bonchev–Trinajstić information content (AvgIpc) is 2.75. The summed E-state index contributed by atoms with van der Waals surface area (Å²) in [6.45, 7) is 2.80. The first kappa shape index (κ1) is 22.4. The maximum absolute atomic E-state index is 12.5. The fourth-order valence-electron chi connectivity index (χ4n) is 3.34. The van der Waals surface area contributed by atoms with Crippen molar-refractivity contribution in [3.63, 3.8) is 0 Å². The third-order valence-corrected chi connectivity index (χ3v) is 5.65. The second kappa shape index (κ2) is 10.7. The number of methoxy groups -OCH3 is 1. The molecule has 1 N–H and O–H groups in total. The lowest BCUT2D eigenvalue weighted by atomic mass is 10.1. The average molecular weight is 450 g/mol. The van der Waals surface area contributed by atoms with Crippen LogP contribution in [0, 0.1) is 0 Å². The summed E-state index contributed by atoms with van der Waals surface area (Å²) in [5.41, 5.74) is 1.61. The van der Waals surface area contributed by atoms with Gasteiger partial charge < -0.3 is 15.0 Å². The Kier molecular flexibility index (Phi) is 7.96. The molecule has 0 aromatic heterocycles. The van der Waals surface area contributed by atoms with Crippen LogP contribution >= 0.6 is 23.2 Å². The Morgan fingerprint density at radius 1 is 1.03 bits per heavy atom. The number of nitrogens with zero attached hydrogens (tertiary/aromatic N) is 2. The molecule has 30 heavy (non-hydrogen) atoms. The third kappa shape index (κ3) is 6.36. The number of aryl methyl sites for hydroxylation is 1. The normalized spacial score (nSPS) is 14.4. The lowest BCUT2D eigenvalue weighted by molar-refractivity contribution is -0.133. The Balaban J connectivity index is 1.40. The molecule has 8 heteroatoms. The molecule has 1 aliphatic rings. The van der Waals surface area contributed by atoms with Gasteiger partial charge in [0, 0.05) is 37.6 Å². The SMILES string of the molecule is COc1ccc(CCC(=O)N2CCN(CC(=O)Nc3cc(Cl)ccc3Cl)CC2)cc1. The summed E-state index contributed by atoms with van der Waals surface area (Å²) in [5.74, 6) is 0.793. The lowest BCUT2D eigenvalue weighted by Gasteiger charge is -2.34. The topological polar surface area (TPSA) is 61.9 Å². The largest absolute Gasteiger partial charge is 0.497 e. The van der Waals surface area contributed by atoms with Gasteiger partial charge in [-0.1, -0.05) is 35.3 Å². The van der Waals surface area contributed by atoms with Crippen LogP contribution in [0.1, 0.15) is 12.0 Å². The summed E-state index contributed by atoms with van der Waals surface area (Å²) in [6, 6.07) is 12.7. The molecule has 2 aromatic rings. The van der Waals surface area contributed by atoms with Gasteiger partial charge in [0.15, 0.2) is 0 Å². The van der Waals surface area contributed by atoms with E-state index in [4.69, 9.17) is 27.9 Å². The fraction of sp³-hybridized carbons (Fsp3) is 0.364. The Morgan fingerprint density at radius 2 is 1.73 bits per heavy atom. The summed E-state index contributed by atoms with van der Waals surface area (Å²) in [4.78, 5) is 28.7. The second-order valence-corrected chi connectivity index (χ2v) is 8.02. The van der Waals surface area contributed by atoms with E-state index in [-0.39, 0.29) is 18.4 Å². The number of rotatable bonds is 7. The van der Waals surface area contributed by atoms with Crippen molar-refractivity contribution < 1.29 is 14.3 Å². The van der Waals surface area contributed by atoms with Gasteiger partial charge in [-0.15, -0.1) is 0 Å². The quantitative estimate of drug-likeness (QED) is 0.699. The van der Waals surface area contributed by atoms with E-state index in [2.05, 4.69) is 5.32 Å². The van der Waals surface area contributed by atoms with Crippen molar-refractivity contribution in [2.75, 3.05) is 45.2 Å². The first-order chi connectivity index (χ1) is 14.4. The van der Waals surface area contributed by atoms with Crippen LogP contribution in [0.15, 0.2) is 42.5 Å². The van der Waals surface area contributed by atoms with E-state index >= 15 is 0 Å². The summed E-state index contributed by atoms with van der Waals surface area (Å²) in [5, 5.41) is 3.75.